The number of aliphatic hydroxyl groups is 1. The average molecular weight is 501 g/mol. The average Bonchev–Trinajstić information content (AvgIpc) is 3.55. The number of carbonyl (C=O) groups excluding carboxylic acids is 2. The van der Waals surface area contributed by atoms with Crippen LogP contribution >= 0.6 is 11.8 Å². The van der Waals surface area contributed by atoms with E-state index in [0.29, 0.717) is 28.3 Å². The summed E-state index contributed by atoms with van der Waals surface area (Å²) in [7, 11) is 3.08. The Hall–Kier alpha value is -4.04. The molecule has 0 saturated carbocycles. The summed E-state index contributed by atoms with van der Waals surface area (Å²) in [6.07, 6.45) is 0. The maximum absolute atomic E-state index is 13.4. The fourth-order valence-electron chi connectivity index (χ4n) is 4.46. The summed E-state index contributed by atoms with van der Waals surface area (Å²) in [5.74, 6) is 0.315. The summed E-state index contributed by atoms with van der Waals surface area (Å²) in [6.45, 7) is 0.787. The zero-order valence-corrected chi connectivity index (χ0v) is 20.6. The number of anilines is 1. The van der Waals surface area contributed by atoms with E-state index in [0.717, 1.165) is 22.9 Å². The Morgan fingerprint density at radius 1 is 0.972 bits per heavy atom. The van der Waals surface area contributed by atoms with Crippen LogP contribution in [0.1, 0.15) is 22.7 Å². The van der Waals surface area contributed by atoms with Crippen molar-refractivity contribution in [3.8, 4) is 11.5 Å². The maximum Gasteiger partial charge on any atom is 0.300 e. The molecule has 3 aromatic rings. The maximum atomic E-state index is 13.4. The molecule has 0 spiro atoms. The van der Waals surface area contributed by atoms with E-state index in [1.807, 2.05) is 24.3 Å². The molecular formula is C28H24N2O5S. The van der Waals surface area contributed by atoms with Crippen LogP contribution < -0.4 is 14.4 Å². The Morgan fingerprint density at radius 2 is 1.69 bits per heavy atom. The van der Waals surface area contributed by atoms with Crippen LogP contribution in [0.5, 0.6) is 11.5 Å². The number of ether oxygens (including phenoxy) is 2. The summed E-state index contributed by atoms with van der Waals surface area (Å²) in [6, 6.07) is 20.4. The molecule has 2 aliphatic rings. The summed E-state index contributed by atoms with van der Waals surface area (Å²) < 4.78 is 10.8. The number of hydrogen-bond donors (Lipinski definition) is 1. The number of methoxy groups -OCH3 is 2. The molecule has 1 unspecified atom stereocenters. The number of benzene rings is 3. The lowest BCUT2D eigenvalue weighted by Gasteiger charge is -2.26. The number of hydrogen-bond acceptors (Lipinski definition) is 7. The van der Waals surface area contributed by atoms with Gasteiger partial charge in [-0.05, 0) is 42.5 Å². The Morgan fingerprint density at radius 3 is 2.33 bits per heavy atom. The smallest absolute Gasteiger partial charge is 0.300 e. The van der Waals surface area contributed by atoms with Crippen LogP contribution in [-0.4, -0.2) is 48.4 Å². The first-order valence-electron chi connectivity index (χ1n) is 11.4. The van der Waals surface area contributed by atoms with E-state index in [4.69, 9.17) is 9.47 Å². The highest BCUT2D eigenvalue weighted by atomic mass is 32.2. The molecule has 8 heteroatoms. The predicted octanol–water partition coefficient (Wildman–Crippen LogP) is 4.82. The number of carbonyl (C=O) groups is 2. The molecule has 2 heterocycles. The first kappa shape index (κ1) is 23.7. The number of aliphatic imine (C=N–C) groups is 1. The zero-order valence-electron chi connectivity index (χ0n) is 19.8. The van der Waals surface area contributed by atoms with E-state index >= 15 is 0 Å². The van der Waals surface area contributed by atoms with Crippen molar-refractivity contribution >= 4 is 39.9 Å². The molecule has 0 radical (unpaired) electrons. The molecule has 3 aromatic carbocycles. The number of thioether (sulfide) groups is 1. The van der Waals surface area contributed by atoms with Crippen molar-refractivity contribution < 1.29 is 24.2 Å². The van der Waals surface area contributed by atoms with Gasteiger partial charge in [0.25, 0.3) is 11.7 Å². The summed E-state index contributed by atoms with van der Waals surface area (Å²) in [5, 5.41) is 12.3. The third kappa shape index (κ3) is 4.13. The lowest BCUT2D eigenvalue weighted by Crippen LogP contribution is -2.29. The Kier molecular flexibility index (Phi) is 6.52. The number of ketones is 1. The van der Waals surface area contributed by atoms with Gasteiger partial charge in [-0.3, -0.25) is 19.5 Å². The molecular weight excluding hydrogens is 476 g/mol. The molecule has 1 saturated heterocycles. The van der Waals surface area contributed by atoms with Crippen molar-refractivity contribution in [2.45, 2.75) is 6.04 Å². The second-order valence-electron chi connectivity index (χ2n) is 8.22. The molecule has 1 atom stereocenters. The first-order valence-corrected chi connectivity index (χ1v) is 12.4. The molecule has 182 valence electrons. The highest BCUT2D eigenvalue weighted by Gasteiger charge is 2.47. The van der Waals surface area contributed by atoms with Gasteiger partial charge in [-0.15, -0.1) is 11.8 Å². The van der Waals surface area contributed by atoms with Crippen molar-refractivity contribution in [3.05, 3.63) is 95.1 Å². The monoisotopic (exact) mass is 500 g/mol. The third-order valence-electron chi connectivity index (χ3n) is 6.22. The van der Waals surface area contributed by atoms with Crippen LogP contribution in [0, 0.1) is 0 Å². The van der Waals surface area contributed by atoms with Crippen molar-refractivity contribution in [3.63, 3.8) is 0 Å². The predicted molar refractivity (Wildman–Crippen MR) is 141 cm³/mol. The molecule has 5 rings (SSSR count). The Labute approximate surface area is 213 Å². The fourth-order valence-corrected chi connectivity index (χ4v) is 5.33. The second kappa shape index (κ2) is 9.91. The van der Waals surface area contributed by atoms with Crippen LogP contribution in [0.25, 0.3) is 5.76 Å². The topological polar surface area (TPSA) is 88.4 Å². The minimum atomic E-state index is -0.882. The van der Waals surface area contributed by atoms with Crippen LogP contribution in [0.4, 0.5) is 5.69 Å². The van der Waals surface area contributed by atoms with Crippen molar-refractivity contribution in [1.29, 1.82) is 0 Å². The highest BCUT2D eigenvalue weighted by Crippen LogP contribution is 2.45. The molecule has 1 fully saturated rings. The van der Waals surface area contributed by atoms with Gasteiger partial charge in [0.15, 0.2) is 0 Å². The van der Waals surface area contributed by atoms with E-state index < -0.39 is 17.7 Å². The highest BCUT2D eigenvalue weighted by molar-refractivity contribution is 8.14. The van der Waals surface area contributed by atoms with E-state index in [1.54, 1.807) is 67.4 Å². The van der Waals surface area contributed by atoms with E-state index in [1.165, 1.54) is 12.0 Å². The number of rotatable bonds is 6. The van der Waals surface area contributed by atoms with E-state index in [2.05, 4.69) is 4.99 Å². The SMILES string of the molecule is COc1ccc(/C(O)=C2/C(=O)C(=O)N(c3ccc(C4=NCCS4)cc3)C2c2ccccc2OC)cc1. The molecule has 1 N–H and O–H groups in total. The molecule has 0 aromatic heterocycles. The summed E-state index contributed by atoms with van der Waals surface area (Å²) >= 11 is 1.69. The standard InChI is InChI=1S/C28H24N2O5S/c1-34-20-13-9-17(10-14-20)25(31)23-24(21-5-3-4-6-22(21)35-2)30(28(33)26(23)32)19-11-7-18(8-12-19)27-29-15-16-36-27/h3-14,24,31H,15-16H2,1-2H3/b25-23-. The van der Waals surface area contributed by atoms with Crippen molar-refractivity contribution in [2.75, 3.05) is 31.4 Å². The number of para-hydroxylation sites is 1. The Bertz CT molecular complexity index is 1380. The van der Waals surface area contributed by atoms with Gasteiger partial charge in [-0.25, -0.2) is 0 Å². The van der Waals surface area contributed by atoms with Gasteiger partial charge in [0.1, 0.15) is 17.3 Å². The van der Waals surface area contributed by atoms with Crippen LogP contribution in [0.3, 0.4) is 0 Å². The number of aliphatic hydroxyl groups excluding tert-OH is 1. The fraction of sp³-hybridized carbons (Fsp3) is 0.179. The first-order chi connectivity index (χ1) is 17.5. The summed E-state index contributed by atoms with van der Waals surface area (Å²) in [5.41, 5.74) is 2.49. The minimum absolute atomic E-state index is 0.00512. The number of nitrogens with zero attached hydrogens (tertiary/aromatic N) is 2. The van der Waals surface area contributed by atoms with Crippen molar-refractivity contribution in [2.24, 2.45) is 4.99 Å². The van der Waals surface area contributed by atoms with Gasteiger partial charge >= 0.3 is 0 Å². The molecule has 7 nitrogen and oxygen atoms in total. The molecule has 2 aliphatic heterocycles. The normalized spacial score (nSPS) is 18.9. The van der Waals surface area contributed by atoms with Gasteiger partial charge in [-0.2, -0.15) is 0 Å². The molecule has 0 bridgehead atoms. The van der Waals surface area contributed by atoms with Gasteiger partial charge in [-0.1, -0.05) is 30.3 Å². The zero-order chi connectivity index (χ0) is 25.2. The molecule has 36 heavy (non-hydrogen) atoms. The van der Waals surface area contributed by atoms with Gasteiger partial charge < -0.3 is 14.6 Å². The van der Waals surface area contributed by atoms with Crippen LogP contribution in [0.2, 0.25) is 0 Å². The Balaban J connectivity index is 1.66. The largest absolute Gasteiger partial charge is 0.507 e. The lowest BCUT2D eigenvalue weighted by atomic mass is 9.94. The molecule has 0 aliphatic carbocycles. The number of Topliss-reactive ketones (excluding diaryl/α,β-unsaturated/α-hetero) is 1. The summed E-state index contributed by atoms with van der Waals surface area (Å²) in [4.78, 5) is 32.7. The van der Waals surface area contributed by atoms with E-state index in [9.17, 15) is 14.7 Å². The van der Waals surface area contributed by atoms with Crippen molar-refractivity contribution in [1.82, 2.24) is 0 Å². The third-order valence-corrected chi connectivity index (χ3v) is 7.24. The van der Waals surface area contributed by atoms with Crippen LogP contribution in [0.15, 0.2) is 83.4 Å². The molecule has 1 amide bonds. The van der Waals surface area contributed by atoms with Gasteiger partial charge in [0.05, 0.1) is 30.9 Å². The quantitative estimate of drug-likeness (QED) is 0.297. The van der Waals surface area contributed by atoms with Crippen LogP contribution in [-0.2, 0) is 9.59 Å². The number of amides is 1. The van der Waals surface area contributed by atoms with Gasteiger partial charge in [0.2, 0.25) is 0 Å². The lowest BCUT2D eigenvalue weighted by molar-refractivity contribution is -0.132. The second-order valence-corrected chi connectivity index (χ2v) is 9.31. The van der Waals surface area contributed by atoms with Gasteiger partial charge in [0, 0.05) is 34.7 Å². The minimum Gasteiger partial charge on any atom is -0.507 e. The van der Waals surface area contributed by atoms with E-state index in [-0.39, 0.29) is 11.3 Å².